The van der Waals surface area contributed by atoms with E-state index in [0.29, 0.717) is 18.2 Å². The lowest BCUT2D eigenvalue weighted by Gasteiger charge is -2.24. The molecule has 1 fully saturated rings. The molecule has 2 aliphatic rings. The Morgan fingerprint density at radius 1 is 1.46 bits per heavy atom. The van der Waals surface area contributed by atoms with Crippen molar-refractivity contribution in [3.05, 3.63) is 17.5 Å². The van der Waals surface area contributed by atoms with Gasteiger partial charge in [0.25, 0.3) is 0 Å². The first-order valence-electron chi connectivity index (χ1n) is 9.39. The van der Waals surface area contributed by atoms with Crippen LogP contribution in [-0.4, -0.2) is 47.6 Å². The smallest absolute Gasteiger partial charge is 0.191 e. The molecule has 3 rings (SSSR count). The quantitative estimate of drug-likeness (QED) is 0.639. The predicted octanol–water partition coefficient (Wildman–Crippen LogP) is 2.06. The van der Waals surface area contributed by atoms with Crippen molar-refractivity contribution in [3.63, 3.8) is 0 Å². The number of nitrogens with one attached hydrogen (secondary N) is 2. The van der Waals surface area contributed by atoms with Crippen LogP contribution in [0.2, 0.25) is 0 Å². The lowest BCUT2D eigenvalue weighted by Crippen LogP contribution is -2.46. The molecule has 0 radical (unpaired) electrons. The molecular weight excluding hydrogens is 302 g/mol. The highest BCUT2D eigenvalue weighted by Crippen LogP contribution is 2.21. The van der Waals surface area contributed by atoms with Crippen LogP contribution in [0.1, 0.15) is 57.3 Å². The Labute approximate surface area is 145 Å². The third kappa shape index (κ3) is 4.29. The lowest BCUT2D eigenvalue weighted by atomic mass is 9.94. The van der Waals surface area contributed by atoms with Gasteiger partial charge in [-0.2, -0.15) is 5.10 Å². The number of ether oxygens (including phenoxy) is 1. The summed E-state index contributed by atoms with van der Waals surface area (Å²) in [6.45, 7) is 8.96. The maximum absolute atomic E-state index is 5.67. The first-order valence-corrected chi connectivity index (χ1v) is 9.39. The fourth-order valence-corrected chi connectivity index (χ4v) is 3.40. The highest BCUT2D eigenvalue weighted by molar-refractivity contribution is 5.80. The van der Waals surface area contributed by atoms with Gasteiger partial charge < -0.3 is 15.4 Å². The number of rotatable bonds is 5. The number of hydrogen-bond donors (Lipinski definition) is 2. The number of hydrogen-bond acceptors (Lipinski definition) is 3. The molecule has 1 aromatic heterocycles. The van der Waals surface area contributed by atoms with Gasteiger partial charge in [-0.15, -0.1) is 0 Å². The van der Waals surface area contributed by atoms with Gasteiger partial charge in [0.15, 0.2) is 5.96 Å². The van der Waals surface area contributed by atoms with E-state index in [1.54, 1.807) is 0 Å². The van der Waals surface area contributed by atoms with E-state index in [9.17, 15) is 0 Å². The second kappa shape index (κ2) is 8.01. The summed E-state index contributed by atoms with van der Waals surface area (Å²) in [4.78, 5) is 4.72. The number of nitrogens with zero attached hydrogens (tertiary/aromatic N) is 3. The molecule has 24 heavy (non-hydrogen) atoms. The van der Waals surface area contributed by atoms with Crippen molar-refractivity contribution >= 4 is 5.96 Å². The van der Waals surface area contributed by atoms with E-state index in [0.717, 1.165) is 57.8 Å². The number of guanidine groups is 1. The maximum Gasteiger partial charge on any atom is 0.191 e. The molecule has 6 nitrogen and oxygen atoms in total. The Kier molecular flexibility index (Phi) is 5.76. The van der Waals surface area contributed by atoms with Crippen LogP contribution in [-0.2, 0) is 17.6 Å². The second-order valence-corrected chi connectivity index (χ2v) is 7.11. The van der Waals surface area contributed by atoms with Gasteiger partial charge in [0.1, 0.15) is 0 Å². The molecule has 0 bridgehead atoms. The van der Waals surface area contributed by atoms with Gasteiger partial charge in [-0.3, -0.25) is 9.67 Å². The largest absolute Gasteiger partial charge is 0.376 e. The minimum absolute atomic E-state index is 0.292. The number of aryl methyl sites for hydroxylation is 1. The molecule has 0 aromatic carbocycles. The average Bonchev–Trinajstić information content (AvgIpc) is 3.21. The van der Waals surface area contributed by atoms with E-state index in [1.165, 1.54) is 11.3 Å². The summed E-state index contributed by atoms with van der Waals surface area (Å²) in [5, 5.41) is 11.7. The van der Waals surface area contributed by atoms with Crippen LogP contribution in [0.25, 0.3) is 0 Å². The molecule has 1 aliphatic heterocycles. The summed E-state index contributed by atoms with van der Waals surface area (Å²) >= 11 is 0. The zero-order valence-electron chi connectivity index (χ0n) is 15.2. The Morgan fingerprint density at radius 2 is 2.33 bits per heavy atom. The zero-order chi connectivity index (χ0) is 16.9. The topological polar surface area (TPSA) is 63.5 Å². The summed E-state index contributed by atoms with van der Waals surface area (Å²) in [5.74, 6) is 0.907. The van der Waals surface area contributed by atoms with E-state index in [4.69, 9.17) is 14.8 Å². The van der Waals surface area contributed by atoms with E-state index in [1.807, 2.05) is 0 Å². The molecule has 2 atom stereocenters. The van der Waals surface area contributed by atoms with Gasteiger partial charge in [-0.25, -0.2) is 0 Å². The van der Waals surface area contributed by atoms with Crippen LogP contribution in [0.4, 0.5) is 0 Å². The van der Waals surface area contributed by atoms with Crippen LogP contribution in [0.3, 0.4) is 0 Å². The van der Waals surface area contributed by atoms with Crippen LogP contribution < -0.4 is 10.6 Å². The molecular formula is C18H31N5O. The SMILES string of the molecule is CCNC(=NCC1CCCO1)NC1CCc2cn(C(C)C)nc2C1. The molecule has 0 spiro atoms. The summed E-state index contributed by atoms with van der Waals surface area (Å²) in [7, 11) is 0. The van der Waals surface area contributed by atoms with Crippen molar-refractivity contribution in [3.8, 4) is 0 Å². The first kappa shape index (κ1) is 17.3. The highest BCUT2D eigenvalue weighted by Gasteiger charge is 2.23. The lowest BCUT2D eigenvalue weighted by molar-refractivity contribution is 0.117. The van der Waals surface area contributed by atoms with Crippen molar-refractivity contribution in [2.24, 2.45) is 4.99 Å². The van der Waals surface area contributed by atoms with E-state index >= 15 is 0 Å². The standard InChI is InChI=1S/C18H31N5O/c1-4-19-18(20-11-16-6-5-9-24-16)21-15-8-7-14-12-23(13(2)3)22-17(14)10-15/h12-13,15-16H,4-11H2,1-3H3,(H2,19,20,21). The Morgan fingerprint density at radius 3 is 3.04 bits per heavy atom. The summed E-state index contributed by atoms with van der Waals surface area (Å²) in [5.41, 5.74) is 2.64. The zero-order valence-corrected chi connectivity index (χ0v) is 15.2. The molecule has 2 unspecified atom stereocenters. The van der Waals surface area contributed by atoms with E-state index in [2.05, 4.69) is 42.3 Å². The van der Waals surface area contributed by atoms with Gasteiger partial charge >= 0.3 is 0 Å². The monoisotopic (exact) mass is 333 g/mol. The van der Waals surface area contributed by atoms with Crippen molar-refractivity contribution in [2.45, 2.75) is 71.1 Å². The van der Waals surface area contributed by atoms with Gasteiger partial charge in [-0.1, -0.05) is 0 Å². The van der Waals surface area contributed by atoms with Crippen molar-refractivity contribution in [1.82, 2.24) is 20.4 Å². The summed E-state index contributed by atoms with van der Waals surface area (Å²) < 4.78 is 7.75. The molecule has 1 aliphatic carbocycles. The third-order valence-electron chi connectivity index (χ3n) is 4.79. The molecule has 2 N–H and O–H groups in total. The minimum atomic E-state index is 0.292. The summed E-state index contributed by atoms with van der Waals surface area (Å²) in [6.07, 6.45) is 7.98. The molecule has 134 valence electrons. The Hall–Kier alpha value is -1.56. The first-order chi connectivity index (χ1) is 11.7. The molecule has 1 aromatic rings. The second-order valence-electron chi connectivity index (χ2n) is 7.11. The van der Waals surface area contributed by atoms with Gasteiger partial charge in [0.05, 0.1) is 18.3 Å². The minimum Gasteiger partial charge on any atom is -0.376 e. The summed E-state index contributed by atoms with van der Waals surface area (Å²) in [6, 6.07) is 0.822. The number of aliphatic imine (C=N–C) groups is 1. The van der Waals surface area contributed by atoms with Crippen LogP contribution >= 0.6 is 0 Å². The molecule has 2 heterocycles. The molecule has 0 saturated carbocycles. The Bertz CT molecular complexity index is 560. The predicted molar refractivity (Wildman–Crippen MR) is 96.5 cm³/mol. The maximum atomic E-state index is 5.67. The van der Waals surface area contributed by atoms with Gasteiger partial charge in [0.2, 0.25) is 0 Å². The Balaban J connectivity index is 1.59. The highest BCUT2D eigenvalue weighted by atomic mass is 16.5. The van der Waals surface area contributed by atoms with Gasteiger partial charge in [0, 0.05) is 37.9 Å². The molecule has 1 saturated heterocycles. The molecule has 6 heteroatoms. The normalized spacial score (nSPS) is 24.2. The average molecular weight is 333 g/mol. The van der Waals surface area contributed by atoms with Crippen molar-refractivity contribution < 1.29 is 4.74 Å². The fraction of sp³-hybridized carbons (Fsp3) is 0.778. The van der Waals surface area contributed by atoms with Gasteiger partial charge in [-0.05, 0) is 52.0 Å². The van der Waals surface area contributed by atoms with Crippen molar-refractivity contribution in [1.29, 1.82) is 0 Å². The van der Waals surface area contributed by atoms with E-state index in [-0.39, 0.29) is 0 Å². The van der Waals surface area contributed by atoms with Crippen molar-refractivity contribution in [2.75, 3.05) is 19.7 Å². The third-order valence-corrected chi connectivity index (χ3v) is 4.79. The number of fused-ring (bicyclic) bond motifs is 1. The fourth-order valence-electron chi connectivity index (χ4n) is 3.40. The van der Waals surface area contributed by atoms with Crippen LogP contribution in [0, 0.1) is 0 Å². The van der Waals surface area contributed by atoms with E-state index < -0.39 is 0 Å². The molecule has 0 amide bonds. The number of aromatic nitrogens is 2. The van der Waals surface area contributed by atoms with Crippen LogP contribution in [0.15, 0.2) is 11.2 Å². The van der Waals surface area contributed by atoms with Crippen LogP contribution in [0.5, 0.6) is 0 Å².